The van der Waals surface area contributed by atoms with Crippen molar-refractivity contribution >= 4 is 11.9 Å². The van der Waals surface area contributed by atoms with Crippen LogP contribution in [0.3, 0.4) is 0 Å². The largest absolute Gasteiger partial charge is 0.481 e. The molecule has 1 N–H and O–H groups in total. The Morgan fingerprint density at radius 3 is 2.67 bits per heavy atom. The van der Waals surface area contributed by atoms with Crippen molar-refractivity contribution in [2.24, 2.45) is 7.05 Å². The molecule has 1 atom stereocenters. The minimum Gasteiger partial charge on any atom is -0.481 e. The van der Waals surface area contributed by atoms with Gasteiger partial charge in [-0.1, -0.05) is 0 Å². The monoisotopic (exact) mass is 337 g/mol. The van der Waals surface area contributed by atoms with Crippen LogP contribution < -0.4 is 0 Å². The Hall–Kier alpha value is -1.89. The molecular formula is C17H27N3O4. The lowest BCUT2D eigenvalue weighted by Crippen LogP contribution is -2.39. The number of ether oxygens (including phenoxy) is 1. The van der Waals surface area contributed by atoms with Crippen LogP contribution in [0.1, 0.15) is 42.6 Å². The quantitative estimate of drug-likeness (QED) is 0.776. The third-order valence-corrected chi connectivity index (χ3v) is 4.64. The van der Waals surface area contributed by atoms with E-state index in [4.69, 9.17) is 9.84 Å². The van der Waals surface area contributed by atoms with E-state index in [1.54, 1.807) is 4.90 Å². The lowest BCUT2D eigenvalue weighted by molar-refractivity contribution is -0.139. The summed E-state index contributed by atoms with van der Waals surface area (Å²) in [5.74, 6) is -0.909. The number of aliphatic carboxylic acids is 1. The van der Waals surface area contributed by atoms with E-state index in [1.165, 1.54) is 0 Å². The van der Waals surface area contributed by atoms with Gasteiger partial charge in [-0.15, -0.1) is 0 Å². The fraction of sp³-hybridized carbons (Fsp3) is 0.706. The molecule has 2 heterocycles. The minimum absolute atomic E-state index is 0.0191. The molecule has 1 aromatic rings. The molecule has 7 heteroatoms. The zero-order valence-corrected chi connectivity index (χ0v) is 14.7. The van der Waals surface area contributed by atoms with Crippen LogP contribution in [0.25, 0.3) is 0 Å². The van der Waals surface area contributed by atoms with Gasteiger partial charge in [0.2, 0.25) is 5.91 Å². The summed E-state index contributed by atoms with van der Waals surface area (Å²) in [4.78, 5) is 25.1. The molecule has 0 radical (unpaired) electrons. The van der Waals surface area contributed by atoms with Gasteiger partial charge in [-0.3, -0.25) is 14.3 Å². The summed E-state index contributed by atoms with van der Waals surface area (Å²) in [5, 5.41) is 13.3. The van der Waals surface area contributed by atoms with E-state index in [9.17, 15) is 9.59 Å². The number of carbonyl (C=O) groups excluding carboxylic acids is 1. The zero-order valence-electron chi connectivity index (χ0n) is 14.7. The summed E-state index contributed by atoms with van der Waals surface area (Å²) >= 11 is 0. The second-order valence-electron chi connectivity index (χ2n) is 6.39. The standard InChI is InChI=1S/C17H27N3O4/c1-12-15(13(2)19(3)18-12)6-7-16(21)20(9-8-17(22)23)11-14-5-4-10-24-14/h14H,4-11H2,1-3H3,(H,22,23). The van der Waals surface area contributed by atoms with Gasteiger partial charge in [0, 0.05) is 38.9 Å². The third kappa shape index (κ3) is 4.80. The highest BCUT2D eigenvalue weighted by molar-refractivity contribution is 5.77. The average molecular weight is 337 g/mol. The van der Waals surface area contributed by atoms with E-state index in [1.807, 2.05) is 25.6 Å². The molecule has 2 rings (SSSR count). The highest BCUT2D eigenvalue weighted by Gasteiger charge is 2.23. The summed E-state index contributed by atoms with van der Waals surface area (Å²) in [6.45, 7) is 5.38. The lowest BCUT2D eigenvalue weighted by atomic mass is 10.1. The number of carbonyl (C=O) groups is 2. The second-order valence-corrected chi connectivity index (χ2v) is 6.39. The van der Waals surface area contributed by atoms with Crippen LogP contribution in [-0.2, 0) is 27.8 Å². The molecule has 0 aromatic carbocycles. The lowest BCUT2D eigenvalue weighted by Gasteiger charge is -2.25. The molecule has 1 unspecified atom stereocenters. The molecule has 7 nitrogen and oxygen atoms in total. The van der Waals surface area contributed by atoms with Gasteiger partial charge in [-0.05, 0) is 38.7 Å². The SMILES string of the molecule is Cc1nn(C)c(C)c1CCC(=O)N(CCC(=O)O)CC1CCCO1. The maximum atomic E-state index is 12.6. The smallest absolute Gasteiger partial charge is 0.305 e. The second kappa shape index (κ2) is 8.28. The van der Waals surface area contributed by atoms with Gasteiger partial charge in [0.15, 0.2) is 0 Å². The number of nitrogens with zero attached hydrogens (tertiary/aromatic N) is 3. The summed E-state index contributed by atoms with van der Waals surface area (Å²) in [5.41, 5.74) is 3.11. The van der Waals surface area contributed by atoms with Crippen LogP contribution in [-0.4, -0.2) is 57.5 Å². The van der Waals surface area contributed by atoms with Crippen LogP contribution in [0.4, 0.5) is 0 Å². The topological polar surface area (TPSA) is 84.7 Å². The van der Waals surface area contributed by atoms with Gasteiger partial charge in [0.1, 0.15) is 0 Å². The Labute approximate surface area is 142 Å². The molecule has 0 spiro atoms. The van der Waals surface area contributed by atoms with Crippen LogP contribution in [0.15, 0.2) is 0 Å². The van der Waals surface area contributed by atoms with E-state index in [2.05, 4.69) is 5.10 Å². The Bertz CT molecular complexity index is 591. The van der Waals surface area contributed by atoms with Crippen molar-refractivity contribution in [2.75, 3.05) is 19.7 Å². The number of aromatic nitrogens is 2. The zero-order chi connectivity index (χ0) is 17.7. The Morgan fingerprint density at radius 1 is 1.38 bits per heavy atom. The molecule has 1 fully saturated rings. The van der Waals surface area contributed by atoms with E-state index < -0.39 is 5.97 Å². The van der Waals surface area contributed by atoms with E-state index >= 15 is 0 Å². The Morgan fingerprint density at radius 2 is 2.12 bits per heavy atom. The molecule has 0 saturated carbocycles. The van der Waals surface area contributed by atoms with Crippen molar-refractivity contribution < 1.29 is 19.4 Å². The van der Waals surface area contributed by atoms with Crippen molar-refractivity contribution in [3.05, 3.63) is 17.0 Å². The van der Waals surface area contributed by atoms with Crippen LogP contribution in [0.5, 0.6) is 0 Å². The van der Waals surface area contributed by atoms with Crippen LogP contribution in [0.2, 0.25) is 0 Å². The highest BCUT2D eigenvalue weighted by atomic mass is 16.5. The summed E-state index contributed by atoms with van der Waals surface area (Å²) in [6.07, 6.45) is 2.91. The van der Waals surface area contributed by atoms with Gasteiger partial charge in [-0.2, -0.15) is 5.10 Å². The van der Waals surface area contributed by atoms with Gasteiger partial charge in [-0.25, -0.2) is 0 Å². The Kier molecular flexibility index (Phi) is 6.36. The normalized spacial score (nSPS) is 17.2. The predicted molar refractivity (Wildman–Crippen MR) is 88.8 cm³/mol. The van der Waals surface area contributed by atoms with Gasteiger partial charge >= 0.3 is 5.97 Å². The fourth-order valence-corrected chi connectivity index (χ4v) is 3.15. The van der Waals surface area contributed by atoms with Crippen molar-refractivity contribution in [3.63, 3.8) is 0 Å². The number of hydrogen-bond donors (Lipinski definition) is 1. The van der Waals surface area contributed by atoms with Crippen molar-refractivity contribution in [2.45, 2.75) is 52.1 Å². The number of rotatable bonds is 8. The van der Waals surface area contributed by atoms with Gasteiger partial charge in [0.25, 0.3) is 0 Å². The maximum Gasteiger partial charge on any atom is 0.305 e. The van der Waals surface area contributed by atoms with E-state index in [-0.39, 0.29) is 25.0 Å². The fourth-order valence-electron chi connectivity index (χ4n) is 3.15. The number of hydrogen-bond acceptors (Lipinski definition) is 4. The minimum atomic E-state index is -0.890. The molecular weight excluding hydrogens is 310 g/mol. The molecule has 1 aliphatic heterocycles. The first-order chi connectivity index (χ1) is 11.4. The number of aryl methyl sites for hydroxylation is 2. The molecule has 24 heavy (non-hydrogen) atoms. The van der Waals surface area contributed by atoms with Crippen LogP contribution in [0, 0.1) is 13.8 Å². The maximum absolute atomic E-state index is 12.6. The van der Waals surface area contributed by atoms with Crippen LogP contribution >= 0.6 is 0 Å². The highest BCUT2D eigenvalue weighted by Crippen LogP contribution is 2.17. The summed E-state index contributed by atoms with van der Waals surface area (Å²) in [6, 6.07) is 0. The first-order valence-electron chi connectivity index (χ1n) is 8.48. The summed E-state index contributed by atoms with van der Waals surface area (Å²) in [7, 11) is 1.89. The van der Waals surface area contributed by atoms with E-state index in [0.717, 1.165) is 36.4 Å². The first-order valence-corrected chi connectivity index (χ1v) is 8.48. The Balaban J connectivity index is 1.96. The van der Waals surface area contributed by atoms with E-state index in [0.29, 0.717) is 19.4 Å². The molecule has 134 valence electrons. The van der Waals surface area contributed by atoms with Gasteiger partial charge < -0.3 is 14.7 Å². The van der Waals surface area contributed by atoms with Crippen molar-refractivity contribution in [1.29, 1.82) is 0 Å². The molecule has 1 saturated heterocycles. The molecule has 1 aliphatic rings. The van der Waals surface area contributed by atoms with Crippen molar-refractivity contribution in [1.82, 2.24) is 14.7 Å². The molecule has 1 amide bonds. The summed E-state index contributed by atoms with van der Waals surface area (Å²) < 4.78 is 7.41. The number of carboxylic acids is 1. The average Bonchev–Trinajstić information content (AvgIpc) is 3.11. The number of amides is 1. The first kappa shape index (κ1) is 18.4. The molecule has 1 aromatic heterocycles. The number of carboxylic acid groups (broad SMARTS) is 1. The molecule has 0 aliphatic carbocycles. The third-order valence-electron chi connectivity index (χ3n) is 4.64. The predicted octanol–water partition coefficient (Wildman–Crippen LogP) is 1.45. The van der Waals surface area contributed by atoms with Crippen molar-refractivity contribution in [3.8, 4) is 0 Å². The van der Waals surface area contributed by atoms with Gasteiger partial charge in [0.05, 0.1) is 18.2 Å². The molecule has 0 bridgehead atoms.